The van der Waals surface area contributed by atoms with Crippen LogP contribution in [0.15, 0.2) is 47.3 Å². The first-order chi connectivity index (χ1) is 14.5. The Morgan fingerprint density at radius 3 is 2.53 bits per heavy atom. The predicted molar refractivity (Wildman–Crippen MR) is 118 cm³/mol. The summed E-state index contributed by atoms with van der Waals surface area (Å²) in [6, 6.07) is 14.5. The second-order valence-corrected chi connectivity index (χ2v) is 8.38. The van der Waals surface area contributed by atoms with Crippen LogP contribution in [0.1, 0.15) is 35.6 Å². The van der Waals surface area contributed by atoms with Gasteiger partial charge in [-0.1, -0.05) is 41.4 Å². The highest BCUT2D eigenvalue weighted by atomic mass is 35.5. The zero-order valence-corrected chi connectivity index (χ0v) is 17.6. The molecule has 0 bridgehead atoms. The Bertz CT molecular complexity index is 1410. The molecule has 2 heterocycles. The lowest BCUT2D eigenvalue weighted by molar-refractivity contribution is 0.846. The smallest absolute Gasteiger partial charge is 0.276 e. The first kappa shape index (κ1) is 18.9. The van der Waals surface area contributed by atoms with E-state index in [1.54, 1.807) is 31.2 Å². The Morgan fingerprint density at radius 1 is 1.17 bits per heavy atom. The van der Waals surface area contributed by atoms with E-state index in [9.17, 15) is 4.79 Å². The van der Waals surface area contributed by atoms with E-state index in [0.29, 0.717) is 38.4 Å². The van der Waals surface area contributed by atoms with Crippen LogP contribution in [0.5, 0.6) is 0 Å². The quantitative estimate of drug-likeness (QED) is 0.447. The van der Waals surface area contributed by atoms with Crippen LogP contribution in [-0.4, -0.2) is 14.6 Å². The zero-order valence-electron chi connectivity index (χ0n) is 16.0. The number of rotatable bonds is 3. The van der Waals surface area contributed by atoms with Gasteiger partial charge < -0.3 is 0 Å². The molecule has 0 amide bonds. The van der Waals surface area contributed by atoms with E-state index < -0.39 is 0 Å². The number of nitriles is 1. The summed E-state index contributed by atoms with van der Waals surface area (Å²) in [7, 11) is 0. The van der Waals surface area contributed by atoms with E-state index in [1.807, 2.05) is 18.2 Å². The van der Waals surface area contributed by atoms with Crippen molar-refractivity contribution in [3.63, 3.8) is 0 Å². The average Bonchev–Trinajstić information content (AvgIpc) is 3.52. The van der Waals surface area contributed by atoms with Gasteiger partial charge in [0.05, 0.1) is 22.3 Å². The van der Waals surface area contributed by atoms with Crippen LogP contribution in [0.2, 0.25) is 10.0 Å². The Hall–Kier alpha value is -3.07. The highest BCUT2D eigenvalue weighted by Gasteiger charge is 2.32. The van der Waals surface area contributed by atoms with E-state index in [1.165, 1.54) is 4.52 Å². The third kappa shape index (κ3) is 3.00. The zero-order chi connectivity index (χ0) is 21.0. The van der Waals surface area contributed by atoms with E-state index in [2.05, 4.69) is 11.2 Å². The van der Waals surface area contributed by atoms with E-state index in [0.717, 1.165) is 35.2 Å². The molecule has 7 heteroatoms. The molecule has 0 aliphatic heterocycles. The predicted octanol–water partition coefficient (Wildman–Crippen LogP) is 5.72. The fourth-order valence-corrected chi connectivity index (χ4v) is 4.29. The molecule has 1 N–H and O–H groups in total. The molecule has 148 valence electrons. The van der Waals surface area contributed by atoms with Gasteiger partial charge in [0.25, 0.3) is 5.56 Å². The van der Waals surface area contributed by atoms with Crippen LogP contribution in [0.4, 0.5) is 0 Å². The second-order valence-electron chi connectivity index (χ2n) is 7.54. The van der Waals surface area contributed by atoms with Crippen LogP contribution >= 0.6 is 23.2 Å². The minimum Gasteiger partial charge on any atom is -0.293 e. The summed E-state index contributed by atoms with van der Waals surface area (Å²) in [5, 5.41) is 13.4. The standard InChI is InChI=1S/C23H16Cl2N4O/c1-12-20(14-4-2-13(11-26)3-5-14)27-22-19(17-9-8-16(24)10-18(17)25)21(15-6-7-15)28-29(22)23(12)30/h2-5,8-10,15,28H,6-7H2,1H3. The van der Waals surface area contributed by atoms with Crippen molar-refractivity contribution >= 4 is 28.8 Å². The molecule has 5 rings (SSSR count). The molecular weight excluding hydrogens is 419 g/mol. The number of H-pyrrole nitrogens is 1. The monoisotopic (exact) mass is 434 g/mol. The van der Waals surface area contributed by atoms with E-state index >= 15 is 0 Å². The number of fused-ring (bicyclic) bond motifs is 1. The SMILES string of the molecule is Cc1c(-c2ccc(C#N)cc2)nc2c(-c3ccc(Cl)cc3Cl)c(C3CC3)[nH]n2c1=O. The molecule has 4 aromatic rings. The molecule has 0 saturated heterocycles. The summed E-state index contributed by atoms with van der Waals surface area (Å²) in [6.45, 7) is 1.77. The van der Waals surface area contributed by atoms with Crippen molar-refractivity contribution in [2.45, 2.75) is 25.7 Å². The summed E-state index contributed by atoms with van der Waals surface area (Å²) in [5.74, 6) is 0.353. The van der Waals surface area contributed by atoms with E-state index in [-0.39, 0.29) is 5.56 Å². The molecule has 1 saturated carbocycles. The van der Waals surface area contributed by atoms with Gasteiger partial charge in [0.15, 0.2) is 5.65 Å². The lowest BCUT2D eigenvalue weighted by atomic mass is 10.0. The Kier molecular flexibility index (Phi) is 4.43. The van der Waals surface area contributed by atoms with Crippen LogP contribution < -0.4 is 5.56 Å². The van der Waals surface area contributed by atoms with Gasteiger partial charge in [-0.2, -0.15) is 5.26 Å². The van der Waals surface area contributed by atoms with Gasteiger partial charge in [0, 0.05) is 38.9 Å². The molecular formula is C23H16Cl2N4O. The molecule has 5 nitrogen and oxygen atoms in total. The maximum atomic E-state index is 13.2. The largest absolute Gasteiger partial charge is 0.293 e. The number of nitrogens with one attached hydrogen (secondary N) is 1. The summed E-state index contributed by atoms with van der Waals surface area (Å²) < 4.78 is 1.51. The summed E-state index contributed by atoms with van der Waals surface area (Å²) in [4.78, 5) is 18.1. The Balaban J connectivity index is 1.82. The molecule has 2 aromatic carbocycles. The van der Waals surface area contributed by atoms with Crippen LogP contribution in [-0.2, 0) is 0 Å². The molecule has 0 spiro atoms. The molecule has 0 unspecified atom stereocenters. The average molecular weight is 435 g/mol. The number of hydrogen-bond acceptors (Lipinski definition) is 3. The van der Waals surface area contributed by atoms with Gasteiger partial charge in [-0.15, -0.1) is 0 Å². The summed E-state index contributed by atoms with van der Waals surface area (Å²) >= 11 is 12.6. The maximum Gasteiger partial charge on any atom is 0.276 e. The highest BCUT2D eigenvalue weighted by molar-refractivity contribution is 6.36. The van der Waals surface area contributed by atoms with E-state index in [4.69, 9.17) is 33.4 Å². The Labute approximate surface area is 182 Å². The molecule has 0 atom stereocenters. The fraction of sp³-hybridized carbons (Fsp3) is 0.174. The van der Waals surface area contributed by atoms with Gasteiger partial charge in [-0.05, 0) is 44.0 Å². The minimum atomic E-state index is -0.155. The number of aromatic nitrogens is 3. The maximum absolute atomic E-state index is 13.2. The number of halogens is 2. The highest BCUT2D eigenvalue weighted by Crippen LogP contribution is 2.46. The van der Waals surface area contributed by atoms with Crippen molar-refractivity contribution in [2.24, 2.45) is 0 Å². The number of nitrogens with zero attached hydrogens (tertiary/aromatic N) is 3. The summed E-state index contributed by atoms with van der Waals surface area (Å²) in [6.07, 6.45) is 2.11. The third-order valence-corrected chi connectivity index (χ3v) is 6.06. The minimum absolute atomic E-state index is 0.155. The molecule has 0 radical (unpaired) electrons. The number of hydrogen-bond donors (Lipinski definition) is 1. The molecule has 1 fully saturated rings. The number of benzene rings is 2. The first-order valence-electron chi connectivity index (χ1n) is 9.59. The van der Waals surface area contributed by atoms with Gasteiger partial charge in [-0.3, -0.25) is 9.89 Å². The lowest BCUT2D eigenvalue weighted by Crippen LogP contribution is -2.19. The molecule has 2 aromatic heterocycles. The molecule has 1 aliphatic rings. The van der Waals surface area contributed by atoms with Gasteiger partial charge in [0.1, 0.15) is 0 Å². The van der Waals surface area contributed by atoms with Crippen LogP contribution in [0, 0.1) is 18.3 Å². The van der Waals surface area contributed by atoms with Crippen molar-refractivity contribution in [2.75, 3.05) is 0 Å². The molecule has 30 heavy (non-hydrogen) atoms. The number of aromatic amines is 1. The van der Waals surface area contributed by atoms with Crippen molar-refractivity contribution in [1.29, 1.82) is 5.26 Å². The van der Waals surface area contributed by atoms with Crippen molar-refractivity contribution < 1.29 is 0 Å². The Morgan fingerprint density at radius 2 is 1.90 bits per heavy atom. The van der Waals surface area contributed by atoms with Gasteiger partial charge in [-0.25, -0.2) is 9.50 Å². The van der Waals surface area contributed by atoms with Crippen molar-refractivity contribution in [1.82, 2.24) is 14.6 Å². The lowest BCUT2D eigenvalue weighted by Gasteiger charge is -2.08. The first-order valence-corrected chi connectivity index (χ1v) is 10.3. The topological polar surface area (TPSA) is 73.9 Å². The second kappa shape index (κ2) is 7.02. The van der Waals surface area contributed by atoms with Crippen LogP contribution in [0.3, 0.4) is 0 Å². The van der Waals surface area contributed by atoms with Crippen LogP contribution in [0.25, 0.3) is 28.0 Å². The van der Waals surface area contributed by atoms with Gasteiger partial charge in [0.2, 0.25) is 0 Å². The van der Waals surface area contributed by atoms with Crippen molar-refractivity contribution in [3.8, 4) is 28.5 Å². The molecule has 1 aliphatic carbocycles. The normalized spacial score (nSPS) is 13.5. The van der Waals surface area contributed by atoms with Gasteiger partial charge >= 0.3 is 0 Å². The van der Waals surface area contributed by atoms with Crippen molar-refractivity contribution in [3.05, 3.63) is 79.7 Å². The third-order valence-electron chi connectivity index (χ3n) is 5.51. The fourth-order valence-electron chi connectivity index (χ4n) is 3.78. The summed E-state index contributed by atoms with van der Waals surface area (Å²) in [5.41, 5.74) is 5.46.